The largest absolute Gasteiger partial charge is 0.322 e. The molecule has 3 aromatic carbocycles. The minimum Gasteiger partial charge on any atom is -0.322 e. The third-order valence-electron chi connectivity index (χ3n) is 4.79. The Kier molecular flexibility index (Phi) is 5.77. The van der Waals surface area contributed by atoms with Crippen molar-refractivity contribution in [3.05, 3.63) is 83.4 Å². The number of sulfone groups is 1. The van der Waals surface area contributed by atoms with Crippen molar-refractivity contribution >= 4 is 54.0 Å². The van der Waals surface area contributed by atoms with Crippen LogP contribution in [0, 0.1) is 6.92 Å². The molecule has 2 amide bonds. The molecule has 4 rings (SSSR count). The van der Waals surface area contributed by atoms with Crippen molar-refractivity contribution in [1.82, 2.24) is 4.98 Å². The Morgan fingerprint density at radius 2 is 1.59 bits per heavy atom. The average molecular weight is 466 g/mol. The zero-order chi connectivity index (χ0) is 22.9. The summed E-state index contributed by atoms with van der Waals surface area (Å²) < 4.78 is 24.2. The Balaban J connectivity index is 1.55. The van der Waals surface area contributed by atoms with Crippen molar-refractivity contribution in [2.75, 3.05) is 16.9 Å². The lowest BCUT2D eigenvalue weighted by molar-refractivity contribution is 0.101. The van der Waals surface area contributed by atoms with E-state index in [2.05, 4.69) is 15.6 Å². The van der Waals surface area contributed by atoms with Crippen molar-refractivity contribution in [1.29, 1.82) is 0 Å². The van der Waals surface area contributed by atoms with Gasteiger partial charge in [0.15, 0.2) is 15.0 Å². The van der Waals surface area contributed by atoms with Crippen molar-refractivity contribution in [3.8, 4) is 0 Å². The van der Waals surface area contributed by atoms with Crippen molar-refractivity contribution < 1.29 is 18.0 Å². The van der Waals surface area contributed by atoms with Crippen LogP contribution in [-0.4, -0.2) is 31.5 Å². The van der Waals surface area contributed by atoms with E-state index in [1.165, 1.54) is 17.4 Å². The van der Waals surface area contributed by atoms with Crippen molar-refractivity contribution in [2.24, 2.45) is 0 Å². The van der Waals surface area contributed by atoms with E-state index < -0.39 is 9.84 Å². The second kappa shape index (κ2) is 8.52. The van der Waals surface area contributed by atoms with Crippen LogP contribution >= 0.6 is 11.3 Å². The van der Waals surface area contributed by atoms with Gasteiger partial charge in [-0.2, -0.15) is 0 Å². The third-order valence-corrected chi connectivity index (χ3v) is 6.84. The molecule has 0 bridgehead atoms. The summed E-state index contributed by atoms with van der Waals surface area (Å²) in [4.78, 5) is 29.8. The van der Waals surface area contributed by atoms with Crippen LogP contribution in [0.4, 0.5) is 10.8 Å². The first kappa shape index (κ1) is 21.7. The summed E-state index contributed by atoms with van der Waals surface area (Å²) in [5, 5.41) is 5.94. The topological polar surface area (TPSA) is 105 Å². The lowest BCUT2D eigenvalue weighted by Gasteiger charge is -2.10. The molecule has 0 spiro atoms. The van der Waals surface area contributed by atoms with E-state index in [-0.39, 0.29) is 16.7 Å². The number of rotatable bonds is 5. The van der Waals surface area contributed by atoms with Crippen LogP contribution in [0.2, 0.25) is 0 Å². The normalized spacial score (nSPS) is 11.3. The maximum atomic E-state index is 12.8. The number of hydrogen-bond donors (Lipinski definition) is 2. The second-order valence-corrected chi connectivity index (χ2v) is 10.3. The van der Waals surface area contributed by atoms with Gasteiger partial charge in [0.2, 0.25) is 0 Å². The zero-order valence-electron chi connectivity index (χ0n) is 17.2. The smallest absolute Gasteiger partial charge is 0.257 e. The molecule has 162 valence electrons. The fourth-order valence-electron chi connectivity index (χ4n) is 3.04. The van der Waals surface area contributed by atoms with Gasteiger partial charge in [-0.15, -0.1) is 0 Å². The van der Waals surface area contributed by atoms with Crippen LogP contribution in [-0.2, 0) is 9.84 Å². The van der Waals surface area contributed by atoms with Gasteiger partial charge in [-0.3, -0.25) is 14.9 Å². The zero-order valence-corrected chi connectivity index (χ0v) is 18.9. The fourth-order valence-corrected chi connectivity index (χ4v) is 4.66. The number of anilines is 2. The summed E-state index contributed by atoms with van der Waals surface area (Å²) in [6.45, 7) is 1.84. The van der Waals surface area contributed by atoms with E-state index in [4.69, 9.17) is 0 Å². The fraction of sp³-hybridized carbons (Fsp3) is 0.0870. The molecule has 2 N–H and O–H groups in total. The van der Waals surface area contributed by atoms with Gasteiger partial charge in [0, 0.05) is 23.1 Å². The third kappa shape index (κ3) is 4.68. The number of nitrogens with zero attached hydrogens (tertiary/aromatic N) is 1. The molecule has 0 aliphatic rings. The number of hydrogen-bond acceptors (Lipinski definition) is 6. The van der Waals surface area contributed by atoms with E-state index in [1.54, 1.807) is 54.6 Å². The monoisotopic (exact) mass is 465 g/mol. The van der Waals surface area contributed by atoms with Gasteiger partial charge in [0.05, 0.1) is 15.1 Å². The summed E-state index contributed by atoms with van der Waals surface area (Å²) in [5.41, 5.74) is 2.82. The predicted octanol–water partition coefficient (Wildman–Crippen LogP) is 4.51. The lowest BCUT2D eigenvalue weighted by atomic mass is 10.1. The molecular weight excluding hydrogens is 446 g/mol. The van der Waals surface area contributed by atoms with Gasteiger partial charge >= 0.3 is 0 Å². The quantitative estimate of drug-likeness (QED) is 0.451. The van der Waals surface area contributed by atoms with Gasteiger partial charge < -0.3 is 5.32 Å². The molecule has 0 atom stereocenters. The minimum atomic E-state index is -3.33. The molecule has 1 heterocycles. The molecule has 0 aliphatic heterocycles. The Bertz CT molecular complexity index is 1440. The lowest BCUT2D eigenvalue weighted by Crippen LogP contribution is -2.15. The second-order valence-electron chi connectivity index (χ2n) is 7.22. The highest BCUT2D eigenvalue weighted by molar-refractivity contribution is 7.90. The Hall–Kier alpha value is -3.56. The highest BCUT2D eigenvalue weighted by Crippen LogP contribution is 2.29. The Labute approximate surface area is 189 Å². The number of nitrogens with one attached hydrogen (secondary N) is 2. The molecule has 4 aromatic rings. The molecule has 32 heavy (non-hydrogen) atoms. The average Bonchev–Trinajstić information content (AvgIpc) is 3.16. The van der Waals surface area contributed by atoms with Crippen LogP contribution in [0.15, 0.2) is 71.6 Å². The van der Waals surface area contributed by atoms with Crippen LogP contribution in [0.1, 0.15) is 26.3 Å². The number of carbonyl (C=O) groups excluding carboxylic acids is 2. The number of aromatic nitrogens is 1. The van der Waals surface area contributed by atoms with Crippen molar-refractivity contribution in [3.63, 3.8) is 0 Å². The maximum absolute atomic E-state index is 12.8. The Morgan fingerprint density at radius 3 is 2.31 bits per heavy atom. The number of fused-ring (bicyclic) bond motifs is 1. The molecule has 0 saturated carbocycles. The van der Waals surface area contributed by atoms with Crippen molar-refractivity contribution in [2.45, 2.75) is 11.8 Å². The summed E-state index contributed by atoms with van der Waals surface area (Å²) in [6.07, 6.45) is 1.14. The van der Waals surface area contributed by atoms with E-state index in [9.17, 15) is 18.0 Å². The number of thiazole rings is 1. The van der Waals surface area contributed by atoms with Gasteiger partial charge in [0.25, 0.3) is 11.8 Å². The van der Waals surface area contributed by atoms with Gasteiger partial charge in [0.1, 0.15) is 0 Å². The predicted molar refractivity (Wildman–Crippen MR) is 126 cm³/mol. The summed E-state index contributed by atoms with van der Waals surface area (Å²) in [6, 6.07) is 18.5. The van der Waals surface area contributed by atoms with Crippen LogP contribution in [0.3, 0.4) is 0 Å². The van der Waals surface area contributed by atoms with E-state index in [0.29, 0.717) is 32.2 Å². The highest BCUT2D eigenvalue weighted by atomic mass is 32.2. The number of benzene rings is 3. The van der Waals surface area contributed by atoms with Gasteiger partial charge in [-0.1, -0.05) is 35.6 Å². The molecular formula is C23H19N3O4S2. The molecule has 0 radical (unpaired) electrons. The van der Waals surface area contributed by atoms with Crippen LogP contribution in [0.25, 0.3) is 10.2 Å². The molecule has 0 saturated heterocycles. The number of aryl methyl sites for hydroxylation is 1. The van der Waals surface area contributed by atoms with E-state index in [0.717, 1.165) is 11.8 Å². The molecule has 9 heteroatoms. The standard InChI is InChI=1S/C23H19N3O4S2/c1-14-8-9-16(12-19(14)24-21(27)15-6-4-3-5-7-15)22(28)26-23-25-18-11-10-17(32(2,29)30)13-20(18)31-23/h3-13H,1-2H3,(H,24,27)(H,25,26,28). The molecule has 7 nitrogen and oxygen atoms in total. The Morgan fingerprint density at radius 1 is 0.875 bits per heavy atom. The van der Waals surface area contributed by atoms with Crippen LogP contribution in [0.5, 0.6) is 0 Å². The molecule has 0 unspecified atom stereocenters. The van der Waals surface area contributed by atoms with E-state index >= 15 is 0 Å². The first-order valence-electron chi connectivity index (χ1n) is 9.60. The summed E-state index contributed by atoms with van der Waals surface area (Å²) in [7, 11) is -3.33. The molecule has 0 aliphatic carbocycles. The first-order chi connectivity index (χ1) is 15.2. The van der Waals surface area contributed by atoms with E-state index in [1.807, 2.05) is 13.0 Å². The first-order valence-corrected chi connectivity index (χ1v) is 12.3. The summed E-state index contributed by atoms with van der Waals surface area (Å²) in [5.74, 6) is -0.651. The molecule has 1 aromatic heterocycles. The van der Waals surface area contributed by atoms with Gasteiger partial charge in [-0.05, 0) is 55.0 Å². The maximum Gasteiger partial charge on any atom is 0.257 e. The van der Waals surface area contributed by atoms with Gasteiger partial charge in [-0.25, -0.2) is 13.4 Å². The minimum absolute atomic E-state index is 0.198. The molecule has 0 fully saturated rings. The van der Waals surface area contributed by atoms with Crippen LogP contribution < -0.4 is 10.6 Å². The SMILES string of the molecule is Cc1ccc(C(=O)Nc2nc3ccc(S(C)(=O)=O)cc3s2)cc1NC(=O)c1ccccc1. The summed E-state index contributed by atoms with van der Waals surface area (Å²) >= 11 is 1.19. The highest BCUT2D eigenvalue weighted by Gasteiger charge is 2.15. The number of carbonyl (C=O) groups is 2. The number of amides is 2.